The van der Waals surface area contributed by atoms with Crippen LogP contribution in [-0.2, 0) is 4.74 Å². The summed E-state index contributed by atoms with van der Waals surface area (Å²) in [5.41, 5.74) is 0.348. The Morgan fingerprint density at radius 3 is 1.78 bits per heavy atom. The molecule has 3 nitrogen and oxygen atoms in total. The zero-order valence-corrected chi connectivity index (χ0v) is 16.5. The molecular formula is C20H40N2O. The molecule has 1 aliphatic carbocycles. The van der Waals surface area contributed by atoms with Gasteiger partial charge in [-0.25, -0.2) is 0 Å². The molecule has 2 fully saturated rings. The van der Waals surface area contributed by atoms with Crippen molar-refractivity contribution in [3.05, 3.63) is 0 Å². The predicted molar refractivity (Wildman–Crippen MR) is 98.9 cm³/mol. The molecule has 1 saturated carbocycles. The largest absolute Gasteiger partial charge is 0.376 e. The van der Waals surface area contributed by atoms with E-state index in [0.29, 0.717) is 5.54 Å². The highest BCUT2D eigenvalue weighted by molar-refractivity contribution is 4.83. The van der Waals surface area contributed by atoms with Gasteiger partial charge in [-0.2, -0.15) is 0 Å². The molecule has 1 saturated heterocycles. The Kier molecular flexibility index (Phi) is 6.55. The normalized spacial score (nSPS) is 29.0. The van der Waals surface area contributed by atoms with Crippen LogP contribution in [0.4, 0.5) is 0 Å². The molecule has 0 aromatic rings. The van der Waals surface area contributed by atoms with Gasteiger partial charge in [0.15, 0.2) is 0 Å². The van der Waals surface area contributed by atoms with E-state index >= 15 is 0 Å². The van der Waals surface area contributed by atoms with E-state index in [1.54, 1.807) is 0 Å². The van der Waals surface area contributed by atoms with Crippen LogP contribution in [0.25, 0.3) is 0 Å². The van der Waals surface area contributed by atoms with Crippen LogP contribution < -0.4 is 0 Å². The van der Waals surface area contributed by atoms with Gasteiger partial charge in [-0.1, -0.05) is 0 Å². The van der Waals surface area contributed by atoms with E-state index in [-0.39, 0.29) is 5.60 Å². The summed E-state index contributed by atoms with van der Waals surface area (Å²) in [6, 6.07) is 0. The summed E-state index contributed by atoms with van der Waals surface area (Å²) < 4.78 is 5.98. The van der Waals surface area contributed by atoms with E-state index < -0.39 is 0 Å². The highest BCUT2D eigenvalue weighted by Crippen LogP contribution is 2.30. The topological polar surface area (TPSA) is 15.7 Å². The molecule has 0 aromatic carbocycles. The second-order valence-corrected chi connectivity index (χ2v) is 9.77. The fraction of sp³-hybridized carbons (Fsp3) is 1.00. The lowest BCUT2D eigenvalue weighted by molar-refractivity contribution is -0.0315. The molecule has 3 heteroatoms. The van der Waals surface area contributed by atoms with Crippen molar-refractivity contribution in [1.82, 2.24) is 9.80 Å². The number of ether oxygens (including phenoxy) is 1. The quantitative estimate of drug-likeness (QED) is 0.776. The first-order valence-electron chi connectivity index (χ1n) is 9.75. The lowest BCUT2D eigenvalue weighted by atomic mass is 9.82. The summed E-state index contributed by atoms with van der Waals surface area (Å²) in [5, 5.41) is 0. The lowest BCUT2D eigenvalue weighted by Crippen LogP contribution is -2.54. The van der Waals surface area contributed by atoms with Crippen molar-refractivity contribution in [3.8, 4) is 0 Å². The number of hydrogen-bond acceptors (Lipinski definition) is 3. The molecule has 136 valence electrons. The molecule has 0 aromatic heterocycles. The Labute approximate surface area is 144 Å². The third-order valence-electron chi connectivity index (χ3n) is 5.56. The number of rotatable bonds is 4. The maximum absolute atomic E-state index is 5.98. The molecule has 0 spiro atoms. The Morgan fingerprint density at radius 2 is 1.30 bits per heavy atom. The fourth-order valence-corrected chi connectivity index (χ4v) is 3.91. The van der Waals surface area contributed by atoms with Gasteiger partial charge in [-0.3, -0.25) is 4.90 Å². The number of hydrogen-bond donors (Lipinski definition) is 0. The van der Waals surface area contributed by atoms with Crippen molar-refractivity contribution in [2.24, 2.45) is 11.8 Å². The second-order valence-electron chi connectivity index (χ2n) is 9.77. The van der Waals surface area contributed by atoms with E-state index in [0.717, 1.165) is 18.4 Å². The Balaban J connectivity index is 1.64. The van der Waals surface area contributed by atoms with Gasteiger partial charge in [0, 0.05) is 38.3 Å². The smallest absolute Gasteiger partial charge is 0.0598 e. The van der Waals surface area contributed by atoms with Crippen molar-refractivity contribution in [2.75, 3.05) is 39.3 Å². The molecule has 2 aliphatic rings. The van der Waals surface area contributed by atoms with Crippen LogP contribution in [-0.4, -0.2) is 60.3 Å². The number of nitrogens with zero attached hydrogens (tertiary/aromatic N) is 2. The van der Waals surface area contributed by atoms with Crippen molar-refractivity contribution in [2.45, 2.75) is 78.4 Å². The van der Waals surface area contributed by atoms with Gasteiger partial charge in [-0.15, -0.1) is 0 Å². The fourth-order valence-electron chi connectivity index (χ4n) is 3.91. The zero-order valence-electron chi connectivity index (χ0n) is 16.5. The van der Waals surface area contributed by atoms with Crippen molar-refractivity contribution >= 4 is 0 Å². The molecule has 1 heterocycles. The minimum Gasteiger partial charge on any atom is -0.376 e. The molecule has 1 aliphatic heterocycles. The molecular weight excluding hydrogens is 284 g/mol. The first kappa shape index (κ1) is 19.2. The first-order chi connectivity index (χ1) is 10.6. The standard InChI is InChI=1S/C20H40N2O/c1-19(2,3)22-13-11-21(12-14-22)15-17-7-9-18(10-8-17)16-23-20(4,5)6/h17-18H,7-16H2,1-6H3. The van der Waals surface area contributed by atoms with Crippen LogP contribution in [0.5, 0.6) is 0 Å². The second kappa shape index (κ2) is 7.84. The van der Waals surface area contributed by atoms with E-state index in [1.807, 2.05) is 0 Å². The first-order valence-corrected chi connectivity index (χ1v) is 9.75. The van der Waals surface area contributed by atoms with Gasteiger partial charge >= 0.3 is 0 Å². The van der Waals surface area contributed by atoms with Gasteiger partial charge < -0.3 is 9.64 Å². The highest BCUT2D eigenvalue weighted by Gasteiger charge is 2.28. The Hall–Kier alpha value is -0.120. The highest BCUT2D eigenvalue weighted by atomic mass is 16.5. The molecule has 0 radical (unpaired) electrons. The summed E-state index contributed by atoms with van der Waals surface area (Å²) in [7, 11) is 0. The van der Waals surface area contributed by atoms with Gasteiger partial charge in [0.2, 0.25) is 0 Å². The van der Waals surface area contributed by atoms with Crippen molar-refractivity contribution in [3.63, 3.8) is 0 Å². The maximum Gasteiger partial charge on any atom is 0.0598 e. The van der Waals surface area contributed by atoms with Crippen LogP contribution >= 0.6 is 0 Å². The lowest BCUT2D eigenvalue weighted by Gasteiger charge is -2.43. The van der Waals surface area contributed by atoms with Gasteiger partial charge in [0.1, 0.15) is 0 Å². The monoisotopic (exact) mass is 324 g/mol. The molecule has 0 unspecified atom stereocenters. The predicted octanol–water partition coefficient (Wildman–Crippen LogP) is 4.02. The minimum atomic E-state index is 0.0174. The summed E-state index contributed by atoms with van der Waals surface area (Å²) in [6.07, 6.45) is 5.53. The third-order valence-corrected chi connectivity index (χ3v) is 5.56. The van der Waals surface area contributed by atoms with Crippen LogP contribution in [0.1, 0.15) is 67.2 Å². The van der Waals surface area contributed by atoms with Crippen molar-refractivity contribution < 1.29 is 4.74 Å². The van der Waals surface area contributed by atoms with E-state index in [2.05, 4.69) is 51.3 Å². The molecule has 23 heavy (non-hydrogen) atoms. The minimum absolute atomic E-state index is 0.0174. The van der Waals surface area contributed by atoms with Crippen LogP contribution in [0.15, 0.2) is 0 Å². The third kappa shape index (κ3) is 6.72. The summed E-state index contributed by atoms with van der Waals surface area (Å²) in [4.78, 5) is 5.34. The van der Waals surface area contributed by atoms with E-state index in [4.69, 9.17) is 4.74 Å². The van der Waals surface area contributed by atoms with Crippen LogP contribution in [0.2, 0.25) is 0 Å². The van der Waals surface area contributed by atoms with Gasteiger partial charge in [0.25, 0.3) is 0 Å². The van der Waals surface area contributed by atoms with Crippen LogP contribution in [0, 0.1) is 11.8 Å². The summed E-state index contributed by atoms with van der Waals surface area (Å²) >= 11 is 0. The molecule has 0 bridgehead atoms. The van der Waals surface area contributed by atoms with E-state index in [1.165, 1.54) is 58.4 Å². The summed E-state index contributed by atoms with van der Waals surface area (Å²) in [5.74, 6) is 1.71. The molecule has 0 amide bonds. The zero-order chi connectivity index (χ0) is 17.1. The van der Waals surface area contributed by atoms with Gasteiger partial charge in [-0.05, 0) is 79.1 Å². The maximum atomic E-state index is 5.98. The van der Waals surface area contributed by atoms with Gasteiger partial charge in [0.05, 0.1) is 12.2 Å². The Morgan fingerprint density at radius 1 is 0.783 bits per heavy atom. The van der Waals surface area contributed by atoms with Crippen molar-refractivity contribution in [1.29, 1.82) is 0 Å². The molecule has 0 N–H and O–H groups in total. The average molecular weight is 325 g/mol. The van der Waals surface area contributed by atoms with Crippen LogP contribution in [0.3, 0.4) is 0 Å². The van der Waals surface area contributed by atoms with E-state index in [9.17, 15) is 0 Å². The summed E-state index contributed by atoms with van der Waals surface area (Å²) in [6.45, 7) is 20.8. The average Bonchev–Trinajstić information content (AvgIpc) is 2.45. The molecule has 2 rings (SSSR count). The SMILES string of the molecule is CC(C)(C)OCC1CCC(CN2CCN(C(C)(C)C)CC2)CC1. The molecule has 0 atom stereocenters. The Bertz CT molecular complexity index is 340. The number of piperazine rings is 1.